The molecule has 10 heteroatoms. The van der Waals surface area contributed by atoms with Crippen LogP contribution >= 0.6 is 58.0 Å². The summed E-state index contributed by atoms with van der Waals surface area (Å²) in [5.74, 6) is -1.12. The number of ether oxygens (including phenoxy) is 1. The number of hydrogen-bond acceptors (Lipinski definition) is 4. The Balaban J connectivity index is 2.07. The van der Waals surface area contributed by atoms with Gasteiger partial charge in [-0.25, -0.2) is 4.79 Å². The maximum atomic E-state index is 12.4. The van der Waals surface area contributed by atoms with Crippen molar-refractivity contribution in [2.45, 2.75) is 19.3 Å². The topological polar surface area (TPSA) is 63.7 Å². The molecular weight excluding hydrogens is 423 g/mol. The number of nitrogens with zero attached hydrogens (tertiary/aromatic N) is 1. The van der Waals surface area contributed by atoms with Crippen molar-refractivity contribution in [3.63, 3.8) is 0 Å². The Morgan fingerprint density at radius 3 is 1.79 bits per heavy atom. The van der Waals surface area contributed by atoms with E-state index in [-0.39, 0.29) is 44.4 Å². The maximum Gasteiger partial charge on any atom is 0.403 e. The molecule has 130 valence electrons. The molecule has 1 aliphatic rings. The van der Waals surface area contributed by atoms with Crippen molar-refractivity contribution >= 4 is 75.2 Å². The summed E-state index contributed by atoms with van der Waals surface area (Å²) in [7, 11) is 0. The third-order valence-corrected chi connectivity index (χ3v) is 5.34. The number of carbonyl (C=O) groups is 3. The van der Waals surface area contributed by atoms with Gasteiger partial charge in [0, 0.05) is 18.1 Å². The zero-order valence-electron chi connectivity index (χ0n) is 12.0. The highest BCUT2D eigenvalue weighted by molar-refractivity contribution is 6.61. The Morgan fingerprint density at radius 2 is 1.33 bits per heavy atom. The van der Waals surface area contributed by atoms with Crippen molar-refractivity contribution in [1.29, 1.82) is 0 Å². The highest BCUT2D eigenvalue weighted by Gasteiger charge is 2.41. The molecule has 0 fully saturated rings. The maximum absolute atomic E-state index is 12.4. The molecule has 0 saturated heterocycles. The molecule has 0 spiro atoms. The number of carbonyl (C=O) groups excluding carboxylic acids is 3. The molecule has 1 aliphatic heterocycles. The van der Waals surface area contributed by atoms with E-state index in [0.717, 1.165) is 4.90 Å². The minimum Gasteiger partial charge on any atom is -0.454 e. The zero-order valence-corrected chi connectivity index (χ0v) is 15.8. The third kappa shape index (κ3) is 3.75. The average molecular weight is 434 g/mol. The minimum absolute atomic E-state index is 0.0304. The average Bonchev–Trinajstić information content (AvgIpc) is 2.78. The Hall–Kier alpha value is -0.720. The molecule has 1 aromatic carbocycles. The van der Waals surface area contributed by atoms with Crippen LogP contribution in [0.25, 0.3) is 0 Å². The second kappa shape index (κ2) is 8.11. The van der Waals surface area contributed by atoms with Crippen LogP contribution in [0.1, 0.15) is 40.0 Å². The standard InChI is InChI=1S/C14H10Cl5NO4/c15-8-6-7(9(16)11(18)10(8)17)13(22)20(12(6)21)4-2-1-3-5-24-14(19)23/h1-5H2. The molecule has 0 atom stereocenters. The molecule has 5 nitrogen and oxygen atoms in total. The number of fused-ring (bicyclic) bond motifs is 1. The Morgan fingerprint density at radius 1 is 0.833 bits per heavy atom. The molecule has 0 N–H and O–H groups in total. The largest absolute Gasteiger partial charge is 0.454 e. The first kappa shape index (κ1) is 19.6. The van der Waals surface area contributed by atoms with Crippen LogP contribution in [0.15, 0.2) is 0 Å². The van der Waals surface area contributed by atoms with Crippen molar-refractivity contribution < 1.29 is 19.1 Å². The molecule has 0 aromatic heterocycles. The predicted octanol–water partition coefficient (Wildman–Crippen LogP) is 5.44. The van der Waals surface area contributed by atoms with Gasteiger partial charge >= 0.3 is 5.43 Å². The van der Waals surface area contributed by atoms with E-state index in [0.29, 0.717) is 19.3 Å². The van der Waals surface area contributed by atoms with Crippen LogP contribution in [0.3, 0.4) is 0 Å². The molecule has 0 bridgehead atoms. The van der Waals surface area contributed by atoms with Crippen LogP contribution in [-0.2, 0) is 4.74 Å². The molecule has 1 heterocycles. The zero-order chi connectivity index (χ0) is 18.0. The van der Waals surface area contributed by atoms with Gasteiger partial charge in [-0.2, -0.15) is 0 Å². The first-order valence-electron chi connectivity index (χ1n) is 6.81. The quantitative estimate of drug-likeness (QED) is 0.197. The van der Waals surface area contributed by atoms with Crippen molar-refractivity contribution in [2.75, 3.05) is 13.2 Å². The first-order chi connectivity index (χ1) is 11.3. The van der Waals surface area contributed by atoms with Crippen LogP contribution in [0.2, 0.25) is 20.1 Å². The molecule has 24 heavy (non-hydrogen) atoms. The van der Waals surface area contributed by atoms with Gasteiger partial charge in [0.05, 0.1) is 37.8 Å². The van der Waals surface area contributed by atoms with E-state index >= 15 is 0 Å². The van der Waals surface area contributed by atoms with Crippen LogP contribution < -0.4 is 0 Å². The lowest BCUT2D eigenvalue weighted by atomic mass is 10.1. The minimum atomic E-state index is -0.867. The second-order valence-corrected chi connectivity index (χ2v) is 6.74. The molecule has 2 amide bonds. The number of amides is 2. The van der Waals surface area contributed by atoms with Crippen molar-refractivity contribution in [3.8, 4) is 0 Å². The lowest BCUT2D eigenvalue weighted by molar-refractivity contribution is 0.0651. The van der Waals surface area contributed by atoms with E-state index in [1.54, 1.807) is 0 Å². The SMILES string of the molecule is O=C(Cl)OCCCCCN1C(=O)c2c(Cl)c(Cl)c(Cl)c(Cl)c2C1=O. The monoisotopic (exact) mass is 431 g/mol. The summed E-state index contributed by atoms with van der Waals surface area (Å²) in [6.45, 7) is 0.344. The summed E-state index contributed by atoms with van der Waals surface area (Å²) in [6.07, 6.45) is 1.70. The van der Waals surface area contributed by atoms with Crippen LogP contribution in [0.4, 0.5) is 4.79 Å². The smallest absolute Gasteiger partial charge is 0.403 e. The fraction of sp³-hybridized carbons (Fsp3) is 0.357. The lowest BCUT2D eigenvalue weighted by Gasteiger charge is -2.13. The number of rotatable bonds is 6. The van der Waals surface area contributed by atoms with E-state index in [4.69, 9.17) is 58.0 Å². The highest BCUT2D eigenvalue weighted by atomic mass is 35.5. The summed E-state index contributed by atoms with van der Waals surface area (Å²) < 4.78 is 4.58. The normalized spacial score (nSPS) is 13.5. The van der Waals surface area contributed by atoms with Crippen LogP contribution in [0.5, 0.6) is 0 Å². The summed E-state index contributed by atoms with van der Waals surface area (Å²) in [4.78, 5) is 36.3. The Labute approximate surface area is 162 Å². The van der Waals surface area contributed by atoms with Gasteiger partial charge in [-0.3, -0.25) is 14.5 Å². The summed E-state index contributed by atoms with van der Waals surface area (Å²) in [6, 6.07) is 0. The van der Waals surface area contributed by atoms with Crippen LogP contribution in [-0.4, -0.2) is 35.3 Å². The number of imide groups is 1. The fourth-order valence-electron chi connectivity index (χ4n) is 2.30. The second-order valence-electron chi connectivity index (χ2n) is 4.91. The lowest BCUT2D eigenvalue weighted by Crippen LogP contribution is -2.30. The number of hydrogen-bond donors (Lipinski definition) is 0. The van der Waals surface area contributed by atoms with Gasteiger partial charge in [-0.1, -0.05) is 46.4 Å². The van der Waals surface area contributed by atoms with E-state index < -0.39 is 17.2 Å². The van der Waals surface area contributed by atoms with E-state index in [1.807, 2.05) is 0 Å². The van der Waals surface area contributed by atoms with Gasteiger partial charge in [-0.15, -0.1) is 0 Å². The molecule has 0 aliphatic carbocycles. The summed E-state index contributed by atoms with van der Waals surface area (Å²) >= 11 is 29.0. The third-order valence-electron chi connectivity index (χ3n) is 3.43. The van der Waals surface area contributed by atoms with Crippen molar-refractivity contribution in [2.24, 2.45) is 0 Å². The molecular formula is C14H10Cl5NO4. The predicted molar refractivity (Wildman–Crippen MR) is 92.9 cm³/mol. The van der Waals surface area contributed by atoms with Gasteiger partial charge in [-0.05, 0) is 19.3 Å². The van der Waals surface area contributed by atoms with Gasteiger partial charge in [0.2, 0.25) is 0 Å². The summed E-state index contributed by atoms with van der Waals surface area (Å²) in [5.41, 5.74) is -0.928. The van der Waals surface area contributed by atoms with Gasteiger partial charge < -0.3 is 4.74 Å². The Bertz CT molecular complexity index is 675. The molecule has 0 unspecified atom stereocenters. The summed E-state index contributed by atoms with van der Waals surface area (Å²) in [5, 5.41) is -0.298. The van der Waals surface area contributed by atoms with Gasteiger partial charge in [0.1, 0.15) is 0 Å². The fourth-order valence-corrected chi connectivity index (χ4v) is 3.39. The Kier molecular flexibility index (Phi) is 6.62. The van der Waals surface area contributed by atoms with Crippen molar-refractivity contribution in [3.05, 3.63) is 31.2 Å². The first-order valence-corrected chi connectivity index (χ1v) is 8.70. The molecule has 2 rings (SSSR count). The van der Waals surface area contributed by atoms with E-state index in [9.17, 15) is 14.4 Å². The number of halogens is 5. The number of benzene rings is 1. The van der Waals surface area contributed by atoms with E-state index in [1.165, 1.54) is 0 Å². The van der Waals surface area contributed by atoms with Crippen LogP contribution in [0, 0.1) is 0 Å². The van der Waals surface area contributed by atoms with Crippen molar-refractivity contribution in [1.82, 2.24) is 4.90 Å². The molecule has 0 radical (unpaired) electrons. The van der Waals surface area contributed by atoms with Gasteiger partial charge in [0.15, 0.2) is 0 Å². The molecule has 0 saturated carbocycles. The molecule has 1 aromatic rings. The highest BCUT2D eigenvalue weighted by Crippen LogP contribution is 2.44. The van der Waals surface area contributed by atoms with Gasteiger partial charge in [0.25, 0.3) is 11.8 Å². The van der Waals surface area contributed by atoms with E-state index in [2.05, 4.69) is 4.74 Å². The number of unbranched alkanes of at least 4 members (excludes halogenated alkanes) is 2.